The molecule has 0 aliphatic carbocycles. The third-order valence-corrected chi connectivity index (χ3v) is 7.38. The van der Waals surface area contributed by atoms with E-state index in [2.05, 4.69) is 23.6 Å². The van der Waals surface area contributed by atoms with Gasteiger partial charge in [0.2, 0.25) is 0 Å². The van der Waals surface area contributed by atoms with Crippen molar-refractivity contribution in [2.45, 2.75) is 100.0 Å². The van der Waals surface area contributed by atoms with E-state index >= 15 is 0 Å². The van der Waals surface area contributed by atoms with Crippen molar-refractivity contribution < 1.29 is 14.4 Å². The lowest BCUT2D eigenvalue weighted by Gasteiger charge is -2.34. The van der Waals surface area contributed by atoms with E-state index < -0.39 is 0 Å². The van der Waals surface area contributed by atoms with Crippen LogP contribution in [0.15, 0.2) is 0 Å². The van der Waals surface area contributed by atoms with Gasteiger partial charge in [0.1, 0.15) is 17.3 Å². The summed E-state index contributed by atoms with van der Waals surface area (Å²) in [5, 5.41) is 0. The minimum atomic E-state index is 0.130. The number of rotatable bonds is 10. The number of carbonyl (C=O) groups excluding carboxylic acids is 3. The van der Waals surface area contributed by atoms with Crippen LogP contribution in [0.2, 0.25) is 0 Å². The largest absolute Gasteiger partial charge is 0.301 e. The Balaban J connectivity index is 0.000000335. The maximum absolute atomic E-state index is 11.7. The molecule has 5 heteroatoms. The summed E-state index contributed by atoms with van der Waals surface area (Å²) in [5.74, 6) is 2.83. The Morgan fingerprint density at radius 1 is 0.606 bits per heavy atom. The van der Waals surface area contributed by atoms with Crippen molar-refractivity contribution >= 4 is 17.3 Å². The van der Waals surface area contributed by atoms with Crippen LogP contribution in [-0.4, -0.2) is 65.9 Å². The monoisotopic (exact) mass is 464 g/mol. The van der Waals surface area contributed by atoms with Gasteiger partial charge in [-0.25, -0.2) is 0 Å². The van der Waals surface area contributed by atoms with Gasteiger partial charge in [0.25, 0.3) is 0 Å². The second-order valence-electron chi connectivity index (χ2n) is 11.6. The zero-order chi connectivity index (χ0) is 25.1. The highest BCUT2D eigenvalue weighted by Crippen LogP contribution is 2.24. The van der Waals surface area contributed by atoms with Crippen LogP contribution in [0, 0.1) is 29.6 Å². The number of carbonyl (C=O) groups is 3. The van der Waals surface area contributed by atoms with Crippen LogP contribution >= 0.6 is 0 Å². The second-order valence-corrected chi connectivity index (χ2v) is 11.6. The maximum Gasteiger partial charge on any atom is 0.149 e. The normalized spacial score (nSPS) is 19.3. The fourth-order valence-corrected chi connectivity index (χ4v) is 4.47. The van der Waals surface area contributed by atoms with Gasteiger partial charge >= 0.3 is 0 Å². The average Bonchev–Trinajstić information content (AvgIpc) is 2.75. The van der Waals surface area contributed by atoms with E-state index in [-0.39, 0.29) is 17.8 Å². The number of Topliss-reactive ketones (excluding diaryl/α,β-unsaturated/α-hetero) is 3. The average molecular weight is 465 g/mol. The van der Waals surface area contributed by atoms with E-state index in [1.807, 2.05) is 41.5 Å². The zero-order valence-corrected chi connectivity index (χ0v) is 22.9. The van der Waals surface area contributed by atoms with Gasteiger partial charge in [-0.05, 0) is 77.5 Å². The van der Waals surface area contributed by atoms with Gasteiger partial charge in [-0.3, -0.25) is 19.3 Å². The molecule has 0 atom stereocenters. The summed E-state index contributed by atoms with van der Waals surface area (Å²) in [5.41, 5.74) is 0. The number of piperidine rings is 2. The molecule has 0 N–H and O–H groups in total. The highest BCUT2D eigenvalue weighted by Gasteiger charge is 2.24. The fraction of sp³-hybridized carbons (Fsp3) is 0.893. The molecule has 2 aliphatic rings. The van der Waals surface area contributed by atoms with Crippen LogP contribution in [0.5, 0.6) is 0 Å². The van der Waals surface area contributed by atoms with Crippen molar-refractivity contribution in [1.82, 2.24) is 9.80 Å². The number of nitrogens with zero attached hydrogens (tertiary/aromatic N) is 2. The molecule has 0 saturated carbocycles. The molecule has 192 valence electrons. The van der Waals surface area contributed by atoms with Crippen LogP contribution in [0.3, 0.4) is 0 Å². The molecular weight excluding hydrogens is 412 g/mol. The Morgan fingerprint density at radius 2 is 0.970 bits per heavy atom. The lowest BCUT2D eigenvalue weighted by Crippen LogP contribution is -2.39. The van der Waals surface area contributed by atoms with Gasteiger partial charge < -0.3 is 4.90 Å². The lowest BCUT2D eigenvalue weighted by atomic mass is 9.88. The van der Waals surface area contributed by atoms with Gasteiger partial charge in [0.05, 0.1) is 6.54 Å². The first-order valence-corrected chi connectivity index (χ1v) is 13.4. The summed E-state index contributed by atoms with van der Waals surface area (Å²) in [6.07, 6.45) is 6.06. The molecule has 0 radical (unpaired) electrons. The zero-order valence-electron chi connectivity index (χ0n) is 22.9. The summed E-state index contributed by atoms with van der Waals surface area (Å²) in [7, 11) is 0. The number of hydrogen-bond donors (Lipinski definition) is 0. The molecular formula is C28H52N2O3. The summed E-state index contributed by atoms with van der Waals surface area (Å²) in [4.78, 5) is 39.7. The first-order valence-electron chi connectivity index (χ1n) is 13.4. The fourth-order valence-electron chi connectivity index (χ4n) is 4.47. The van der Waals surface area contributed by atoms with Gasteiger partial charge in [-0.15, -0.1) is 0 Å². The predicted molar refractivity (Wildman–Crippen MR) is 137 cm³/mol. The van der Waals surface area contributed by atoms with E-state index in [9.17, 15) is 14.4 Å². The highest BCUT2D eigenvalue weighted by molar-refractivity contribution is 5.82. The molecule has 2 fully saturated rings. The summed E-state index contributed by atoms with van der Waals surface area (Å²) < 4.78 is 0. The summed E-state index contributed by atoms with van der Waals surface area (Å²) >= 11 is 0. The number of likely N-dealkylation sites (tertiary alicyclic amines) is 2. The number of ketones is 3. The van der Waals surface area contributed by atoms with Crippen molar-refractivity contribution in [1.29, 1.82) is 0 Å². The Bertz CT molecular complexity index is 566. The molecule has 33 heavy (non-hydrogen) atoms. The molecule has 0 aromatic heterocycles. The van der Waals surface area contributed by atoms with Crippen LogP contribution < -0.4 is 0 Å². The quantitative estimate of drug-likeness (QED) is 0.441. The smallest absolute Gasteiger partial charge is 0.149 e. The van der Waals surface area contributed by atoms with Crippen molar-refractivity contribution in [2.75, 3.05) is 32.7 Å². The molecule has 2 heterocycles. The van der Waals surface area contributed by atoms with E-state index in [0.717, 1.165) is 38.8 Å². The van der Waals surface area contributed by atoms with Gasteiger partial charge in [-0.1, -0.05) is 41.5 Å². The molecule has 2 aliphatic heterocycles. The van der Waals surface area contributed by atoms with Gasteiger partial charge in [0.15, 0.2) is 0 Å². The Hall–Kier alpha value is -1.07. The molecule has 2 saturated heterocycles. The van der Waals surface area contributed by atoms with Crippen LogP contribution in [0.4, 0.5) is 0 Å². The van der Waals surface area contributed by atoms with Crippen LogP contribution in [0.1, 0.15) is 93.9 Å². The minimum Gasteiger partial charge on any atom is -0.301 e. The summed E-state index contributed by atoms with van der Waals surface area (Å²) in [6, 6.07) is 0.659. The Morgan fingerprint density at radius 3 is 1.30 bits per heavy atom. The molecule has 2 rings (SSSR count). The van der Waals surface area contributed by atoms with Gasteiger partial charge in [0, 0.05) is 36.6 Å². The lowest BCUT2D eigenvalue weighted by molar-refractivity contribution is -0.125. The third kappa shape index (κ3) is 11.8. The van der Waals surface area contributed by atoms with E-state index in [0.29, 0.717) is 41.8 Å². The second kappa shape index (κ2) is 15.0. The van der Waals surface area contributed by atoms with E-state index in [4.69, 9.17) is 0 Å². The SMILES string of the molecule is CC(C)C(=O)CC1CCN(C(C)C)CC1.CC(C)C(=O)CC1CCN(CC(=O)C(C)C)CC1. The van der Waals surface area contributed by atoms with Gasteiger partial charge in [-0.2, -0.15) is 0 Å². The molecule has 0 spiro atoms. The Labute approximate surface area is 204 Å². The molecule has 0 unspecified atom stereocenters. The molecule has 5 nitrogen and oxygen atoms in total. The van der Waals surface area contributed by atoms with E-state index in [1.165, 1.54) is 25.9 Å². The standard InChI is InChI=1S/C15H27NO2.C13H25NO/c1-11(2)14(17)9-13-5-7-16(8-6-13)10-15(18)12(3)4;1-10(2)13(15)9-12-5-7-14(8-6-12)11(3)4/h11-13H,5-10H2,1-4H3;10-12H,5-9H2,1-4H3. The van der Waals surface area contributed by atoms with Crippen LogP contribution in [-0.2, 0) is 14.4 Å². The first-order chi connectivity index (χ1) is 15.4. The molecule has 0 aromatic carbocycles. The Kier molecular flexibility index (Phi) is 13.6. The van der Waals surface area contributed by atoms with Crippen molar-refractivity contribution in [2.24, 2.45) is 29.6 Å². The maximum atomic E-state index is 11.7. The highest BCUT2D eigenvalue weighted by atomic mass is 16.1. The minimum absolute atomic E-state index is 0.130. The van der Waals surface area contributed by atoms with Crippen molar-refractivity contribution in [3.05, 3.63) is 0 Å². The van der Waals surface area contributed by atoms with E-state index in [1.54, 1.807) is 0 Å². The first kappa shape index (κ1) is 30.0. The predicted octanol–water partition coefficient (Wildman–Crippen LogP) is 5.26. The molecule has 0 amide bonds. The van der Waals surface area contributed by atoms with Crippen LogP contribution in [0.25, 0.3) is 0 Å². The number of hydrogen-bond acceptors (Lipinski definition) is 5. The third-order valence-electron chi connectivity index (χ3n) is 7.38. The molecule has 0 bridgehead atoms. The van der Waals surface area contributed by atoms with Crippen molar-refractivity contribution in [3.63, 3.8) is 0 Å². The topological polar surface area (TPSA) is 57.7 Å². The summed E-state index contributed by atoms with van der Waals surface area (Å²) in [6.45, 7) is 21.2. The van der Waals surface area contributed by atoms with Crippen molar-refractivity contribution in [3.8, 4) is 0 Å². The molecule has 0 aromatic rings.